The van der Waals surface area contributed by atoms with Gasteiger partial charge in [-0.3, -0.25) is 9.80 Å². The highest BCUT2D eigenvalue weighted by molar-refractivity contribution is 5.90. The zero-order valence-corrected chi connectivity index (χ0v) is 15.5. The van der Waals surface area contributed by atoms with Crippen molar-refractivity contribution in [3.05, 3.63) is 24.3 Å². The van der Waals surface area contributed by atoms with Gasteiger partial charge >= 0.3 is 12.1 Å². The van der Waals surface area contributed by atoms with E-state index in [4.69, 9.17) is 10.6 Å². The Kier molecular flexibility index (Phi) is 5.90. The van der Waals surface area contributed by atoms with Gasteiger partial charge in [0.15, 0.2) is 5.54 Å². The molecule has 140 valence electrons. The molecule has 2 aliphatic rings. The third kappa shape index (κ3) is 3.88. The van der Waals surface area contributed by atoms with Gasteiger partial charge in [0, 0.05) is 6.54 Å². The van der Waals surface area contributed by atoms with Gasteiger partial charge in [-0.2, -0.15) is 5.90 Å². The van der Waals surface area contributed by atoms with Crippen molar-refractivity contribution in [2.45, 2.75) is 57.7 Å². The second-order valence-corrected chi connectivity index (χ2v) is 7.39. The van der Waals surface area contributed by atoms with Crippen LogP contribution < -0.4 is 5.90 Å². The van der Waals surface area contributed by atoms with Crippen LogP contribution in [0, 0.1) is 0 Å². The summed E-state index contributed by atoms with van der Waals surface area (Å²) in [4.78, 5) is 33.7. The molecular formula is C18H29N3O4. The van der Waals surface area contributed by atoms with Gasteiger partial charge in [-0.1, -0.05) is 18.2 Å². The molecular weight excluding hydrogens is 322 g/mol. The summed E-state index contributed by atoms with van der Waals surface area (Å²) in [6.45, 7) is 9.20. The number of hydrogen-bond donors (Lipinski definition) is 1. The number of nitrogens with zero attached hydrogens (tertiary/aromatic N) is 2. The monoisotopic (exact) mass is 351 g/mol. The van der Waals surface area contributed by atoms with Crippen LogP contribution in [0.1, 0.15) is 40.5 Å². The Morgan fingerprint density at radius 3 is 2.44 bits per heavy atom. The van der Waals surface area contributed by atoms with Gasteiger partial charge in [0.05, 0.1) is 6.04 Å². The van der Waals surface area contributed by atoms with Crippen molar-refractivity contribution in [3.8, 4) is 0 Å². The number of carbonyl (C=O) groups is 2. The van der Waals surface area contributed by atoms with E-state index in [1.165, 1.54) is 4.90 Å². The van der Waals surface area contributed by atoms with Gasteiger partial charge < -0.3 is 9.57 Å². The van der Waals surface area contributed by atoms with E-state index in [1.54, 1.807) is 19.1 Å². The molecule has 7 heteroatoms. The van der Waals surface area contributed by atoms with Crippen LogP contribution in [0.2, 0.25) is 0 Å². The van der Waals surface area contributed by atoms with E-state index < -0.39 is 23.2 Å². The van der Waals surface area contributed by atoms with Crippen LogP contribution in [-0.4, -0.2) is 58.7 Å². The molecule has 2 N–H and O–H groups in total. The highest BCUT2D eigenvalue weighted by atomic mass is 16.7. The second kappa shape index (κ2) is 7.58. The van der Waals surface area contributed by atoms with Crippen molar-refractivity contribution < 1.29 is 19.2 Å². The Bertz CT molecular complexity index is 561. The summed E-state index contributed by atoms with van der Waals surface area (Å²) in [7, 11) is 0. The first-order valence-corrected chi connectivity index (χ1v) is 8.78. The van der Waals surface area contributed by atoms with Gasteiger partial charge in [0.25, 0.3) is 0 Å². The highest BCUT2D eigenvalue weighted by Crippen LogP contribution is 2.34. The zero-order chi connectivity index (χ0) is 18.7. The number of esters is 1. The van der Waals surface area contributed by atoms with Gasteiger partial charge in [0.2, 0.25) is 0 Å². The Hall–Kier alpha value is -1.86. The van der Waals surface area contributed by atoms with E-state index in [1.807, 2.05) is 32.9 Å². The van der Waals surface area contributed by atoms with Crippen LogP contribution in [0.25, 0.3) is 0 Å². The zero-order valence-electron chi connectivity index (χ0n) is 15.5. The Morgan fingerprint density at radius 2 is 1.92 bits per heavy atom. The number of likely N-dealkylation sites (N-methyl/N-ethyl adjacent to an activating group) is 1. The summed E-state index contributed by atoms with van der Waals surface area (Å²) in [6, 6.07) is -0.325. The largest absolute Gasteiger partial charge is 0.458 e. The summed E-state index contributed by atoms with van der Waals surface area (Å²) < 4.78 is 5.71. The Morgan fingerprint density at radius 1 is 1.28 bits per heavy atom. The van der Waals surface area contributed by atoms with Crippen molar-refractivity contribution in [1.82, 2.24) is 9.80 Å². The van der Waals surface area contributed by atoms with E-state index in [9.17, 15) is 9.59 Å². The van der Waals surface area contributed by atoms with Crippen molar-refractivity contribution in [2.24, 2.45) is 5.90 Å². The van der Waals surface area contributed by atoms with E-state index in [-0.39, 0.29) is 12.6 Å². The fourth-order valence-electron chi connectivity index (χ4n) is 3.55. The molecule has 2 unspecified atom stereocenters. The molecule has 0 spiro atoms. The molecule has 0 aromatic rings. The lowest BCUT2D eigenvalue weighted by molar-refractivity contribution is -0.168. The van der Waals surface area contributed by atoms with E-state index in [0.717, 1.165) is 25.9 Å². The molecule has 0 bridgehead atoms. The molecule has 0 radical (unpaired) electrons. The summed E-state index contributed by atoms with van der Waals surface area (Å²) in [5.41, 5.74) is -1.99. The number of nitrogens with two attached hydrogens (primary N) is 1. The van der Waals surface area contributed by atoms with Gasteiger partial charge in [-0.05, 0) is 59.7 Å². The lowest BCUT2D eigenvalue weighted by atomic mass is 9.83. The molecule has 1 aliphatic heterocycles. The predicted molar refractivity (Wildman–Crippen MR) is 94.5 cm³/mol. The van der Waals surface area contributed by atoms with Crippen molar-refractivity contribution in [3.63, 3.8) is 0 Å². The van der Waals surface area contributed by atoms with Crippen LogP contribution in [0.15, 0.2) is 24.3 Å². The van der Waals surface area contributed by atoms with Crippen molar-refractivity contribution in [1.29, 1.82) is 0 Å². The molecule has 0 saturated carbocycles. The minimum atomic E-state index is -1.31. The van der Waals surface area contributed by atoms with E-state index >= 15 is 0 Å². The van der Waals surface area contributed by atoms with E-state index in [0.29, 0.717) is 0 Å². The third-order valence-electron chi connectivity index (χ3n) is 4.55. The number of ether oxygens (including phenoxy) is 1. The Balaban J connectivity index is 2.52. The molecule has 2 rings (SSSR count). The lowest BCUT2D eigenvalue weighted by Crippen LogP contribution is -2.67. The smallest absolute Gasteiger partial charge is 0.429 e. The first-order valence-electron chi connectivity index (χ1n) is 8.78. The van der Waals surface area contributed by atoms with Crippen LogP contribution in [-0.2, 0) is 14.4 Å². The number of rotatable bonds is 4. The average Bonchev–Trinajstić information content (AvgIpc) is 3.08. The van der Waals surface area contributed by atoms with Crippen LogP contribution >= 0.6 is 0 Å². The van der Waals surface area contributed by atoms with Crippen LogP contribution in [0.3, 0.4) is 0 Å². The fourth-order valence-corrected chi connectivity index (χ4v) is 3.55. The van der Waals surface area contributed by atoms with Gasteiger partial charge in [0.1, 0.15) is 5.60 Å². The minimum absolute atomic E-state index is 0.262. The molecule has 2 atom stereocenters. The molecule has 25 heavy (non-hydrogen) atoms. The van der Waals surface area contributed by atoms with Crippen LogP contribution in [0.4, 0.5) is 4.79 Å². The number of amides is 1. The van der Waals surface area contributed by atoms with Gasteiger partial charge in [-0.15, -0.1) is 0 Å². The first kappa shape index (κ1) is 19.5. The number of allylic oxidation sites excluding steroid dienone is 2. The lowest BCUT2D eigenvalue weighted by Gasteiger charge is -2.47. The maximum Gasteiger partial charge on any atom is 0.429 e. The molecule has 1 fully saturated rings. The molecule has 7 nitrogen and oxygen atoms in total. The molecule has 1 amide bonds. The third-order valence-corrected chi connectivity index (χ3v) is 4.55. The van der Waals surface area contributed by atoms with Crippen molar-refractivity contribution >= 4 is 12.1 Å². The average molecular weight is 351 g/mol. The van der Waals surface area contributed by atoms with Crippen LogP contribution in [0.5, 0.6) is 0 Å². The molecule has 0 aromatic heterocycles. The maximum absolute atomic E-state index is 13.3. The topological polar surface area (TPSA) is 85.1 Å². The summed E-state index contributed by atoms with van der Waals surface area (Å²) in [6.07, 6.45) is 8.71. The molecule has 1 heterocycles. The SMILES string of the molecule is CCN(C(=O)ON)C1(C(=O)OC(C)(C)C)C=CC=CC1N1CCCC1. The number of hydrogen-bond acceptors (Lipinski definition) is 6. The normalized spacial score (nSPS) is 26.5. The minimum Gasteiger partial charge on any atom is -0.458 e. The summed E-state index contributed by atoms with van der Waals surface area (Å²) in [5.74, 6) is 4.66. The fraction of sp³-hybridized carbons (Fsp3) is 0.667. The molecule has 0 aromatic carbocycles. The standard InChI is InChI=1S/C18H29N3O4/c1-5-21(16(23)25-19)18(15(22)24-17(2,3)4)11-7-6-10-14(18)20-12-8-9-13-20/h6-7,10-11,14H,5,8-9,12-13,19H2,1-4H3. The number of likely N-dealkylation sites (tertiary alicyclic amines) is 1. The summed E-state index contributed by atoms with van der Waals surface area (Å²) in [5, 5.41) is 0. The molecule has 1 aliphatic carbocycles. The molecule has 1 saturated heterocycles. The maximum atomic E-state index is 13.3. The first-order chi connectivity index (χ1) is 11.8. The van der Waals surface area contributed by atoms with Crippen molar-refractivity contribution in [2.75, 3.05) is 19.6 Å². The van der Waals surface area contributed by atoms with E-state index in [2.05, 4.69) is 9.74 Å². The van der Waals surface area contributed by atoms with Gasteiger partial charge in [-0.25, -0.2) is 9.59 Å². The predicted octanol–water partition coefficient (Wildman–Crippen LogP) is 1.99. The second-order valence-electron chi connectivity index (χ2n) is 7.39. The highest BCUT2D eigenvalue weighted by Gasteiger charge is 2.55. The number of carbonyl (C=O) groups excluding carboxylic acids is 2. The Labute approximate surface area is 149 Å². The quantitative estimate of drug-likeness (QED) is 0.616. The summed E-state index contributed by atoms with van der Waals surface area (Å²) >= 11 is 0.